The van der Waals surface area contributed by atoms with E-state index in [4.69, 9.17) is 33.0 Å². The van der Waals surface area contributed by atoms with Crippen LogP contribution in [-0.4, -0.2) is 56.5 Å². The Morgan fingerprint density at radius 3 is 2.77 bits per heavy atom. The number of rotatable bonds is 6. The number of nitrogens with one attached hydrogen (secondary N) is 1. The molecular weight excluding hydrogens is 569 g/mol. The first-order chi connectivity index (χ1) is 19.6. The van der Waals surface area contributed by atoms with Gasteiger partial charge < -0.3 is 14.2 Å². The first-order valence-corrected chi connectivity index (χ1v) is 14.8. The molecule has 40 heavy (non-hydrogen) atoms. The van der Waals surface area contributed by atoms with Gasteiger partial charge in [-0.2, -0.15) is 5.10 Å². The second-order valence-electron chi connectivity index (χ2n) is 9.81. The van der Waals surface area contributed by atoms with Crippen molar-refractivity contribution in [2.45, 2.75) is 25.4 Å². The van der Waals surface area contributed by atoms with E-state index in [1.165, 1.54) is 11.3 Å². The van der Waals surface area contributed by atoms with Gasteiger partial charge in [-0.25, -0.2) is 9.97 Å². The molecule has 1 N–H and O–H groups in total. The Kier molecular flexibility index (Phi) is 6.71. The van der Waals surface area contributed by atoms with Crippen molar-refractivity contribution in [3.05, 3.63) is 75.9 Å². The normalized spacial score (nSPS) is 15.9. The fourth-order valence-electron chi connectivity index (χ4n) is 5.59. The number of imidazole rings is 1. The number of thiazole rings is 1. The van der Waals surface area contributed by atoms with Crippen LogP contribution >= 0.6 is 34.5 Å². The Morgan fingerprint density at radius 2 is 1.95 bits per heavy atom. The van der Waals surface area contributed by atoms with E-state index in [2.05, 4.69) is 30.8 Å². The summed E-state index contributed by atoms with van der Waals surface area (Å²) in [4.78, 5) is 24.9. The van der Waals surface area contributed by atoms with Gasteiger partial charge in [0, 0.05) is 65.3 Å². The van der Waals surface area contributed by atoms with Gasteiger partial charge in [-0.1, -0.05) is 41.4 Å². The summed E-state index contributed by atoms with van der Waals surface area (Å²) in [5.41, 5.74) is 5.07. The smallest absolute Gasteiger partial charge is 0.257 e. The van der Waals surface area contributed by atoms with Crippen LogP contribution in [0.25, 0.3) is 22.0 Å². The summed E-state index contributed by atoms with van der Waals surface area (Å²) in [7, 11) is 0. The number of carbonyl (C=O) groups is 1. The fourth-order valence-corrected chi connectivity index (χ4v) is 6.67. The van der Waals surface area contributed by atoms with Gasteiger partial charge in [-0.05, 0) is 25.0 Å². The van der Waals surface area contributed by atoms with E-state index < -0.39 is 6.04 Å². The lowest BCUT2D eigenvalue weighted by Crippen LogP contribution is -2.36. The number of hydrogen-bond acceptors (Lipinski definition) is 7. The highest BCUT2D eigenvalue weighted by Gasteiger charge is 2.32. The Hall–Kier alpha value is -3.44. The molecule has 1 fully saturated rings. The molecule has 2 aliphatic rings. The van der Waals surface area contributed by atoms with Gasteiger partial charge in [0.15, 0.2) is 11.2 Å². The number of aromatic nitrogens is 5. The maximum atomic E-state index is 13.7. The van der Waals surface area contributed by atoms with E-state index in [0.717, 1.165) is 55.0 Å². The third kappa shape index (κ3) is 4.45. The molecule has 2 aliphatic heterocycles. The van der Waals surface area contributed by atoms with E-state index in [1.807, 2.05) is 29.6 Å². The standard InChI is InChI=1S/C28H25Cl2N7O2S/c29-20-14-18(17-4-1-2-5-21(17)35-9-11-39-12-10-35)23(30)24-19(20)15-37(34-24)26(27(38)33-28-31-7-13-40-28)25-22-6-3-8-36(22)16-32-25/h1-2,4-5,7,13-16,26H,3,6,8-12H2,(H,31,33,38). The molecule has 204 valence electrons. The number of benzene rings is 2. The van der Waals surface area contributed by atoms with Gasteiger partial charge in [0.05, 0.1) is 35.3 Å². The summed E-state index contributed by atoms with van der Waals surface area (Å²) >= 11 is 15.3. The summed E-state index contributed by atoms with van der Waals surface area (Å²) < 4.78 is 9.29. The predicted molar refractivity (Wildman–Crippen MR) is 158 cm³/mol. The lowest BCUT2D eigenvalue weighted by atomic mass is 10.0. The molecule has 0 radical (unpaired) electrons. The van der Waals surface area contributed by atoms with Crippen LogP contribution < -0.4 is 10.2 Å². The largest absolute Gasteiger partial charge is 0.378 e. The molecule has 5 aromatic rings. The third-order valence-corrected chi connectivity index (χ3v) is 8.86. The van der Waals surface area contributed by atoms with Crippen LogP contribution in [0.4, 0.5) is 10.8 Å². The minimum atomic E-state index is -0.818. The van der Waals surface area contributed by atoms with Gasteiger partial charge in [0.1, 0.15) is 5.52 Å². The lowest BCUT2D eigenvalue weighted by Gasteiger charge is -2.30. The summed E-state index contributed by atoms with van der Waals surface area (Å²) in [5, 5.41) is 11.8. The molecule has 0 bridgehead atoms. The number of nitrogens with zero attached hydrogens (tertiary/aromatic N) is 6. The summed E-state index contributed by atoms with van der Waals surface area (Å²) in [6.45, 7) is 3.82. The topological polar surface area (TPSA) is 90.1 Å². The van der Waals surface area contributed by atoms with Crippen LogP contribution in [0.3, 0.4) is 0 Å². The Morgan fingerprint density at radius 1 is 1.10 bits per heavy atom. The molecule has 0 aliphatic carbocycles. The molecule has 1 amide bonds. The molecule has 1 unspecified atom stereocenters. The van der Waals surface area contributed by atoms with E-state index >= 15 is 0 Å². The summed E-state index contributed by atoms with van der Waals surface area (Å²) in [6.07, 6.45) is 7.10. The third-order valence-electron chi connectivity index (χ3n) is 7.48. The first-order valence-electron chi connectivity index (χ1n) is 13.1. The van der Waals surface area contributed by atoms with E-state index in [0.29, 0.717) is 45.0 Å². The Labute approximate surface area is 244 Å². The average molecular weight is 595 g/mol. The quantitative estimate of drug-likeness (QED) is 0.272. The highest BCUT2D eigenvalue weighted by Crippen LogP contribution is 2.42. The van der Waals surface area contributed by atoms with Crippen molar-refractivity contribution in [3.63, 3.8) is 0 Å². The number of carbonyl (C=O) groups excluding carboxylic acids is 1. The minimum absolute atomic E-state index is 0.277. The molecule has 0 saturated carbocycles. The molecule has 1 saturated heterocycles. The van der Waals surface area contributed by atoms with Crippen LogP contribution in [0, 0.1) is 0 Å². The number of ether oxygens (including phenoxy) is 1. The molecule has 9 nitrogen and oxygen atoms in total. The van der Waals surface area contributed by atoms with E-state index in [-0.39, 0.29) is 5.91 Å². The van der Waals surface area contributed by atoms with Crippen molar-refractivity contribution in [2.24, 2.45) is 0 Å². The fraction of sp³-hybridized carbons (Fsp3) is 0.286. The lowest BCUT2D eigenvalue weighted by molar-refractivity contribution is -0.118. The number of fused-ring (bicyclic) bond motifs is 2. The van der Waals surface area contributed by atoms with Crippen LogP contribution in [0.1, 0.15) is 23.9 Å². The number of morpholine rings is 1. The number of aryl methyl sites for hydroxylation is 1. The average Bonchev–Trinajstić information content (AvgIpc) is 3.78. The van der Waals surface area contributed by atoms with Gasteiger partial charge in [0.2, 0.25) is 0 Å². The van der Waals surface area contributed by atoms with Crippen LogP contribution in [-0.2, 0) is 22.5 Å². The number of hydrogen-bond donors (Lipinski definition) is 1. The molecule has 5 heterocycles. The maximum absolute atomic E-state index is 13.7. The highest BCUT2D eigenvalue weighted by atomic mass is 35.5. The summed E-state index contributed by atoms with van der Waals surface area (Å²) in [5.74, 6) is -0.277. The highest BCUT2D eigenvalue weighted by molar-refractivity contribution is 7.13. The molecule has 12 heteroatoms. The molecule has 2 aromatic carbocycles. The van der Waals surface area contributed by atoms with Crippen LogP contribution in [0.2, 0.25) is 10.0 Å². The van der Waals surface area contributed by atoms with Crippen LogP contribution in [0.5, 0.6) is 0 Å². The first kappa shape index (κ1) is 25.5. The van der Waals surface area contributed by atoms with Gasteiger partial charge in [0.25, 0.3) is 5.91 Å². The summed E-state index contributed by atoms with van der Waals surface area (Å²) in [6, 6.07) is 9.21. The Bertz CT molecular complexity index is 1710. The van der Waals surface area contributed by atoms with E-state index in [9.17, 15) is 4.79 Å². The number of halogens is 2. The molecule has 7 rings (SSSR count). The second kappa shape index (κ2) is 10.5. The zero-order valence-electron chi connectivity index (χ0n) is 21.4. The second-order valence-corrected chi connectivity index (χ2v) is 11.5. The van der Waals surface area contributed by atoms with Crippen molar-refractivity contribution < 1.29 is 9.53 Å². The van der Waals surface area contributed by atoms with Crippen molar-refractivity contribution >= 4 is 62.2 Å². The van der Waals surface area contributed by atoms with Gasteiger partial charge in [-0.15, -0.1) is 11.3 Å². The number of anilines is 2. The molecule has 3 aromatic heterocycles. The SMILES string of the molecule is O=C(Nc1nccs1)C(c1ncn2c1CCC2)n1cc2c(Cl)cc(-c3ccccc3N3CCOCC3)c(Cl)c2n1. The van der Waals surface area contributed by atoms with Gasteiger partial charge >= 0.3 is 0 Å². The van der Waals surface area contributed by atoms with Crippen LogP contribution in [0.15, 0.2) is 54.4 Å². The van der Waals surface area contributed by atoms with Crippen molar-refractivity contribution in [1.82, 2.24) is 24.3 Å². The molecular formula is C28H25Cl2N7O2S. The molecule has 1 atom stereocenters. The zero-order chi connectivity index (χ0) is 27.2. The predicted octanol–water partition coefficient (Wildman–Crippen LogP) is 5.67. The number of amides is 1. The zero-order valence-corrected chi connectivity index (χ0v) is 23.7. The van der Waals surface area contributed by atoms with E-state index in [1.54, 1.807) is 23.4 Å². The molecule has 0 spiro atoms. The monoisotopic (exact) mass is 593 g/mol. The van der Waals surface area contributed by atoms with Crippen molar-refractivity contribution in [3.8, 4) is 11.1 Å². The van der Waals surface area contributed by atoms with Crippen molar-refractivity contribution in [2.75, 3.05) is 36.5 Å². The van der Waals surface area contributed by atoms with Crippen molar-refractivity contribution in [1.29, 1.82) is 0 Å². The number of para-hydroxylation sites is 1. The maximum Gasteiger partial charge on any atom is 0.257 e. The minimum Gasteiger partial charge on any atom is -0.378 e. The Balaban J connectivity index is 1.34. The van der Waals surface area contributed by atoms with Gasteiger partial charge in [-0.3, -0.25) is 14.8 Å².